The summed E-state index contributed by atoms with van der Waals surface area (Å²) in [5, 5.41) is 0. The van der Waals surface area contributed by atoms with E-state index in [4.69, 9.17) is 4.74 Å². The highest BCUT2D eigenvalue weighted by molar-refractivity contribution is 5.94. The zero-order valence-electron chi connectivity index (χ0n) is 12.8. The van der Waals surface area contributed by atoms with E-state index in [1.54, 1.807) is 13.8 Å². The first-order valence-corrected chi connectivity index (χ1v) is 7.12. The van der Waals surface area contributed by atoms with Gasteiger partial charge in [-0.2, -0.15) is 26.3 Å². The van der Waals surface area contributed by atoms with E-state index in [-0.39, 0.29) is 31.4 Å². The van der Waals surface area contributed by atoms with Crippen molar-refractivity contribution in [1.29, 1.82) is 0 Å². The van der Waals surface area contributed by atoms with Crippen LogP contribution >= 0.6 is 0 Å². The predicted octanol–water partition coefficient (Wildman–Crippen LogP) is 3.97. The molecule has 1 heterocycles. The lowest BCUT2D eigenvalue weighted by molar-refractivity contribution is -0.143. The lowest BCUT2D eigenvalue weighted by Crippen LogP contribution is -2.48. The van der Waals surface area contributed by atoms with Crippen LogP contribution in [0.2, 0.25) is 0 Å². The van der Waals surface area contributed by atoms with Crippen LogP contribution in [0.1, 0.15) is 35.3 Å². The fourth-order valence-electron chi connectivity index (χ4n) is 2.60. The molecule has 2 rings (SSSR count). The van der Waals surface area contributed by atoms with Crippen LogP contribution < -0.4 is 0 Å². The smallest absolute Gasteiger partial charge is 0.372 e. The lowest BCUT2D eigenvalue weighted by Gasteiger charge is -2.35. The molecule has 2 unspecified atom stereocenters. The monoisotopic (exact) mass is 355 g/mol. The van der Waals surface area contributed by atoms with Crippen LogP contribution in [0.3, 0.4) is 0 Å². The number of rotatable bonds is 1. The van der Waals surface area contributed by atoms with Crippen LogP contribution in [0.4, 0.5) is 26.3 Å². The highest BCUT2D eigenvalue weighted by Crippen LogP contribution is 2.36. The average Bonchev–Trinajstić information content (AvgIpc) is 2.43. The third-order valence-electron chi connectivity index (χ3n) is 3.54. The van der Waals surface area contributed by atoms with Crippen molar-refractivity contribution in [3.05, 3.63) is 34.9 Å². The fraction of sp³-hybridized carbons (Fsp3) is 0.533. The Kier molecular flexibility index (Phi) is 4.85. The van der Waals surface area contributed by atoms with E-state index in [0.29, 0.717) is 12.1 Å². The van der Waals surface area contributed by atoms with Crippen LogP contribution in [0, 0.1) is 0 Å². The van der Waals surface area contributed by atoms with Crippen molar-refractivity contribution >= 4 is 5.91 Å². The second-order valence-corrected chi connectivity index (χ2v) is 5.76. The Morgan fingerprint density at radius 2 is 1.38 bits per heavy atom. The summed E-state index contributed by atoms with van der Waals surface area (Å²) in [6, 6.07) is 0.895. The summed E-state index contributed by atoms with van der Waals surface area (Å²) in [7, 11) is 0. The van der Waals surface area contributed by atoms with Crippen molar-refractivity contribution in [3.8, 4) is 0 Å². The van der Waals surface area contributed by atoms with E-state index in [2.05, 4.69) is 0 Å². The molecule has 134 valence electrons. The summed E-state index contributed by atoms with van der Waals surface area (Å²) in [5.41, 5.74) is -3.65. The highest BCUT2D eigenvalue weighted by atomic mass is 19.4. The molecule has 0 bridgehead atoms. The lowest BCUT2D eigenvalue weighted by atomic mass is 10.0. The van der Waals surface area contributed by atoms with E-state index in [1.165, 1.54) is 4.90 Å². The van der Waals surface area contributed by atoms with Crippen LogP contribution in [0.25, 0.3) is 0 Å². The first kappa shape index (κ1) is 18.6. The van der Waals surface area contributed by atoms with Gasteiger partial charge >= 0.3 is 12.4 Å². The number of hydrogen-bond donors (Lipinski definition) is 0. The molecule has 3 nitrogen and oxygen atoms in total. The van der Waals surface area contributed by atoms with Gasteiger partial charge in [-0.15, -0.1) is 0 Å². The number of nitrogens with zero attached hydrogens (tertiary/aromatic N) is 1. The van der Waals surface area contributed by atoms with E-state index in [0.717, 1.165) is 0 Å². The molecular formula is C15H15F6NO2. The molecule has 1 aliphatic rings. The Bertz CT molecular complexity index is 583. The Morgan fingerprint density at radius 1 is 0.958 bits per heavy atom. The number of morpholine rings is 1. The van der Waals surface area contributed by atoms with Gasteiger partial charge in [0, 0.05) is 18.7 Å². The van der Waals surface area contributed by atoms with Crippen LogP contribution in [0.5, 0.6) is 0 Å². The van der Waals surface area contributed by atoms with Crippen LogP contribution in [-0.2, 0) is 17.1 Å². The van der Waals surface area contributed by atoms with Crippen LogP contribution in [-0.4, -0.2) is 36.1 Å². The zero-order chi connectivity index (χ0) is 18.3. The minimum absolute atomic E-state index is 0.00133. The molecular weight excluding hydrogens is 340 g/mol. The fourth-order valence-corrected chi connectivity index (χ4v) is 2.60. The van der Waals surface area contributed by atoms with Gasteiger partial charge in [-0.05, 0) is 32.0 Å². The molecule has 9 heteroatoms. The molecule has 0 spiro atoms. The average molecular weight is 355 g/mol. The number of halogens is 6. The van der Waals surface area contributed by atoms with Gasteiger partial charge in [0.1, 0.15) is 0 Å². The topological polar surface area (TPSA) is 29.5 Å². The number of benzene rings is 1. The van der Waals surface area contributed by atoms with Crippen molar-refractivity contribution in [3.63, 3.8) is 0 Å². The summed E-state index contributed by atoms with van der Waals surface area (Å²) < 4.78 is 82.5. The van der Waals surface area contributed by atoms with E-state index >= 15 is 0 Å². The predicted molar refractivity (Wildman–Crippen MR) is 72.4 cm³/mol. The third-order valence-corrected chi connectivity index (χ3v) is 3.54. The molecule has 0 N–H and O–H groups in total. The van der Waals surface area contributed by atoms with Gasteiger partial charge in [0.05, 0.1) is 23.3 Å². The number of amides is 1. The number of carbonyl (C=O) groups is 1. The molecule has 0 aliphatic carbocycles. The molecule has 0 aromatic heterocycles. The second kappa shape index (κ2) is 6.27. The largest absolute Gasteiger partial charge is 0.416 e. The SMILES string of the molecule is CC1CN(C(=O)c2cc(C(F)(F)F)cc(C(F)(F)F)c2)CC(C)O1. The molecule has 2 atom stereocenters. The molecule has 0 saturated carbocycles. The normalized spacial score (nSPS) is 22.6. The number of alkyl halides is 6. The zero-order valence-corrected chi connectivity index (χ0v) is 12.8. The van der Waals surface area contributed by atoms with Gasteiger partial charge in [-0.1, -0.05) is 0 Å². The maximum Gasteiger partial charge on any atom is 0.416 e. The summed E-state index contributed by atoms with van der Waals surface area (Å²) in [6.07, 6.45) is -10.7. The van der Waals surface area contributed by atoms with Crippen molar-refractivity contribution in [2.24, 2.45) is 0 Å². The van der Waals surface area contributed by atoms with Gasteiger partial charge < -0.3 is 9.64 Å². The highest BCUT2D eigenvalue weighted by Gasteiger charge is 2.38. The Hall–Kier alpha value is -1.77. The molecule has 1 aromatic carbocycles. The van der Waals surface area contributed by atoms with Crippen molar-refractivity contribution in [2.45, 2.75) is 38.4 Å². The maximum absolute atomic E-state index is 12.9. The molecule has 1 saturated heterocycles. The molecule has 1 amide bonds. The quantitative estimate of drug-likeness (QED) is 0.714. The van der Waals surface area contributed by atoms with Crippen molar-refractivity contribution in [1.82, 2.24) is 4.90 Å². The molecule has 1 aliphatic heterocycles. The van der Waals surface area contributed by atoms with Crippen LogP contribution in [0.15, 0.2) is 18.2 Å². The van der Waals surface area contributed by atoms with Gasteiger partial charge in [-0.25, -0.2) is 0 Å². The van der Waals surface area contributed by atoms with Gasteiger partial charge in [-0.3, -0.25) is 4.79 Å². The molecule has 1 aromatic rings. The maximum atomic E-state index is 12.9. The van der Waals surface area contributed by atoms with E-state index in [1.807, 2.05) is 0 Å². The minimum atomic E-state index is -4.98. The van der Waals surface area contributed by atoms with E-state index in [9.17, 15) is 31.1 Å². The van der Waals surface area contributed by atoms with E-state index < -0.39 is 35.0 Å². The van der Waals surface area contributed by atoms with Gasteiger partial charge in [0.25, 0.3) is 5.91 Å². The number of ether oxygens (including phenoxy) is 1. The van der Waals surface area contributed by atoms with Gasteiger partial charge in [0.15, 0.2) is 0 Å². The summed E-state index contributed by atoms with van der Waals surface area (Å²) in [6.45, 7) is 3.54. The second-order valence-electron chi connectivity index (χ2n) is 5.76. The van der Waals surface area contributed by atoms with Crippen molar-refractivity contribution in [2.75, 3.05) is 13.1 Å². The number of carbonyl (C=O) groups excluding carboxylic acids is 1. The Labute approximate surface area is 134 Å². The summed E-state index contributed by atoms with van der Waals surface area (Å²) in [4.78, 5) is 13.6. The summed E-state index contributed by atoms with van der Waals surface area (Å²) in [5.74, 6) is -0.881. The minimum Gasteiger partial charge on any atom is -0.372 e. The Balaban J connectivity index is 2.43. The molecule has 0 radical (unpaired) electrons. The van der Waals surface area contributed by atoms with Gasteiger partial charge in [0.2, 0.25) is 0 Å². The van der Waals surface area contributed by atoms with Crippen molar-refractivity contribution < 1.29 is 35.9 Å². The Morgan fingerprint density at radius 3 is 1.75 bits per heavy atom. The number of hydrogen-bond acceptors (Lipinski definition) is 2. The first-order valence-electron chi connectivity index (χ1n) is 7.12. The first-order chi connectivity index (χ1) is 10.9. The third kappa shape index (κ3) is 4.19. The molecule has 1 fully saturated rings. The molecule has 24 heavy (non-hydrogen) atoms. The summed E-state index contributed by atoms with van der Waals surface area (Å²) >= 11 is 0. The standard InChI is InChI=1S/C15H15F6NO2/c1-8-6-22(7-9(2)24-8)13(23)10-3-11(14(16,17)18)5-12(4-10)15(19,20)21/h3-5,8-9H,6-7H2,1-2H3.